The van der Waals surface area contributed by atoms with Gasteiger partial charge in [-0.05, 0) is 17.9 Å². The molecular weight excluding hydrogens is 184 g/mol. The lowest BCUT2D eigenvalue weighted by Crippen LogP contribution is -1.93. The van der Waals surface area contributed by atoms with Crippen LogP contribution < -0.4 is 0 Å². The van der Waals surface area contributed by atoms with E-state index in [9.17, 15) is 4.79 Å². The van der Waals surface area contributed by atoms with Crippen LogP contribution in [0.4, 0.5) is 0 Å². The predicted molar refractivity (Wildman–Crippen MR) is 64.6 cm³/mol. The standard InChI is InChI=1S/C14H18O/c1-3-7-12(2)10-14(11-15)13-8-5-4-6-9-13/h4-6,8-12H,3,7H2,1-2H3/b14-10-. The summed E-state index contributed by atoms with van der Waals surface area (Å²) in [5, 5.41) is 0. The molecule has 0 heterocycles. The van der Waals surface area contributed by atoms with E-state index >= 15 is 0 Å². The van der Waals surface area contributed by atoms with E-state index in [1.807, 2.05) is 30.3 Å². The van der Waals surface area contributed by atoms with Gasteiger partial charge in [0.05, 0.1) is 0 Å². The second-order valence-corrected chi connectivity index (χ2v) is 3.87. The molecule has 0 aromatic heterocycles. The van der Waals surface area contributed by atoms with Crippen molar-refractivity contribution in [2.75, 3.05) is 0 Å². The number of benzene rings is 1. The summed E-state index contributed by atoms with van der Waals surface area (Å²) in [5.41, 5.74) is 1.81. The number of hydrogen-bond acceptors (Lipinski definition) is 1. The monoisotopic (exact) mass is 202 g/mol. The van der Waals surface area contributed by atoms with Crippen LogP contribution in [0, 0.1) is 5.92 Å². The van der Waals surface area contributed by atoms with Gasteiger partial charge in [-0.15, -0.1) is 0 Å². The minimum atomic E-state index is 0.468. The lowest BCUT2D eigenvalue weighted by atomic mass is 9.99. The van der Waals surface area contributed by atoms with E-state index < -0.39 is 0 Å². The van der Waals surface area contributed by atoms with Gasteiger partial charge in [0, 0.05) is 5.57 Å². The smallest absolute Gasteiger partial charge is 0.150 e. The highest BCUT2D eigenvalue weighted by Crippen LogP contribution is 2.16. The highest BCUT2D eigenvalue weighted by Gasteiger charge is 2.02. The third kappa shape index (κ3) is 3.70. The first-order valence-electron chi connectivity index (χ1n) is 5.50. The van der Waals surface area contributed by atoms with Crippen molar-refractivity contribution in [1.82, 2.24) is 0 Å². The molecule has 0 aliphatic carbocycles. The molecule has 1 aromatic carbocycles. The quantitative estimate of drug-likeness (QED) is 0.525. The molecule has 0 amide bonds. The Morgan fingerprint density at radius 2 is 2.00 bits per heavy atom. The van der Waals surface area contributed by atoms with E-state index in [2.05, 4.69) is 19.9 Å². The van der Waals surface area contributed by atoms with Crippen molar-refractivity contribution in [1.29, 1.82) is 0 Å². The second kappa shape index (κ2) is 6.18. The molecular formula is C14H18O. The summed E-state index contributed by atoms with van der Waals surface area (Å²) in [7, 11) is 0. The molecule has 80 valence electrons. The van der Waals surface area contributed by atoms with Gasteiger partial charge in [-0.25, -0.2) is 0 Å². The molecule has 15 heavy (non-hydrogen) atoms. The van der Waals surface area contributed by atoms with Crippen LogP contribution in [0.2, 0.25) is 0 Å². The first kappa shape index (κ1) is 11.7. The second-order valence-electron chi connectivity index (χ2n) is 3.87. The van der Waals surface area contributed by atoms with Gasteiger partial charge in [-0.3, -0.25) is 4.79 Å². The molecule has 0 bridgehead atoms. The first-order chi connectivity index (χ1) is 7.27. The Kier molecular flexibility index (Phi) is 4.82. The van der Waals surface area contributed by atoms with Crippen molar-refractivity contribution >= 4 is 11.9 Å². The summed E-state index contributed by atoms with van der Waals surface area (Å²) < 4.78 is 0. The molecule has 0 spiro atoms. The third-order valence-electron chi connectivity index (χ3n) is 2.44. The van der Waals surface area contributed by atoms with Gasteiger partial charge in [0.2, 0.25) is 0 Å². The van der Waals surface area contributed by atoms with Gasteiger partial charge in [0.1, 0.15) is 6.29 Å². The molecule has 0 aliphatic rings. The van der Waals surface area contributed by atoms with Crippen LogP contribution in [0.1, 0.15) is 32.3 Å². The normalized spacial score (nSPS) is 13.6. The fourth-order valence-electron chi connectivity index (χ4n) is 1.68. The van der Waals surface area contributed by atoms with E-state index in [1.54, 1.807) is 0 Å². The lowest BCUT2D eigenvalue weighted by molar-refractivity contribution is -0.103. The summed E-state index contributed by atoms with van der Waals surface area (Å²) in [4.78, 5) is 11.0. The van der Waals surface area contributed by atoms with Crippen LogP contribution in [0.5, 0.6) is 0 Å². The van der Waals surface area contributed by atoms with E-state index in [0.717, 1.165) is 30.3 Å². The number of allylic oxidation sites excluding steroid dienone is 2. The number of aldehydes is 1. The van der Waals surface area contributed by atoms with Crippen LogP contribution in [0.25, 0.3) is 5.57 Å². The van der Waals surface area contributed by atoms with Crippen molar-refractivity contribution < 1.29 is 4.79 Å². The maximum atomic E-state index is 11.0. The van der Waals surface area contributed by atoms with E-state index in [1.165, 1.54) is 0 Å². The van der Waals surface area contributed by atoms with Gasteiger partial charge in [-0.2, -0.15) is 0 Å². The zero-order valence-electron chi connectivity index (χ0n) is 9.44. The molecule has 1 aromatic rings. The Hall–Kier alpha value is -1.37. The van der Waals surface area contributed by atoms with Crippen molar-refractivity contribution in [2.24, 2.45) is 5.92 Å². The van der Waals surface area contributed by atoms with Crippen LogP contribution >= 0.6 is 0 Å². The molecule has 0 N–H and O–H groups in total. The van der Waals surface area contributed by atoms with Gasteiger partial charge in [-0.1, -0.05) is 56.7 Å². The van der Waals surface area contributed by atoms with Gasteiger partial charge in [0.25, 0.3) is 0 Å². The number of rotatable bonds is 5. The molecule has 1 heteroatoms. The van der Waals surface area contributed by atoms with Gasteiger partial charge >= 0.3 is 0 Å². The SMILES string of the molecule is CCCC(C)/C=C(/C=O)c1ccccc1. The highest BCUT2D eigenvalue weighted by atomic mass is 16.1. The predicted octanol–water partition coefficient (Wildman–Crippen LogP) is 3.71. The Labute approximate surface area is 91.8 Å². The molecule has 0 saturated carbocycles. The van der Waals surface area contributed by atoms with E-state index in [4.69, 9.17) is 0 Å². The maximum Gasteiger partial charge on any atom is 0.150 e. The topological polar surface area (TPSA) is 17.1 Å². The van der Waals surface area contributed by atoms with Crippen molar-refractivity contribution in [3.8, 4) is 0 Å². The molecule has 1 unspecified atom stereocenters. The maximum absolute atomic E-state index is 11.0. The minimum Gasteiger partial charge on any atom is -0.298 e. The minimum absolute atomic E-state index is 0.468. The molecule has 1 atom stereocenters. The van der Waals surface area contributed by atoms with Crippen LogP contribution in [0.15, 0.2) is 36.4 Å². The number of carbonyl (C=O) groups excluding carboxylic acids is 1. The van der Waals surface area contributed by atoms with Crippen LogP contribution in [-0.2, 0) is 4.79 Å². The molecule has 0 radical (unpaired) electrons. The number of carbonyl (C=O) groups is 1. The average molecular weight is 202 g/mol. The zero-order valence-corrected chi connectivity index (χ0v) is 9.44. The average Bonchev–Trinajstić information content (AvgIpc) is 2.27. The number of hydrogen-bond donors (Lipinski definition) is 0. The van der Waals surface area contributed by atoms with Gasteiger partial charge in [0.15, 0.2) is 0 Å². The van der Waals surface area contributed by atoms with E-state index in [0.29, 0.717) is 5.92 Å². The fourth-order valence-corrected chi connectivity index (χ4v) is 1.68. The fraction of sp³-hybridized carbons (Fsp3) is 0.357. The summed E-state index contributed by atoms with van der Waals surface area (Å²) >= 11 is 0. The van der Waals surface area contributed by atoms with Crippen LogP contribution in [-0.4, -0.2) is 6.29 Å². The zero-order chi connectivity index (χ0) is 11.1. The van der Waals surface area contributed by atoms with Gasteiger partial charge < -0.3 is 0 Å². The van der Waals surface area contributed by atoms with E-state index in [-0.39, 0.29) is 0 Å². The summed E-state index contributed by atoms with van der Waals surface area (Å²) in [6, 6.07) is 9.81. The Morgan fingerprint density at radius 1 is 1.33 bits per heavy atom. The van der Waals surface area contributed by atoms with Crippen LogP contribution in [0.3, 0.4) is 0 Å². The molecule has 0 saturated heterocycles. The largest absolute Gasteiger partial charge is 0.298 e. The lowest BCUT2D eigenvalue weighted by Gasteiger charge is -2.06. The third-order valence-corrected chi connectivity index (χ3v) is 2.44. The Bertz CT molecular complexity index is 324. The first-order valence-corrected chi connectivity index (χ1v) is 5.50. The summed E-state index contributed by atoms with van der Waals surface area (Å²) in [6.07, 6.45) is 5.29. The highest BCUT2D eigenvalue weighted by molar-refractivity contribution is 6.06. The molecule has 1 rings (SSSR count). The molecule has 1 nitrogen and oxygen atoms in total. The Balaban J connectivity index is 2.84. The molecule has 0 aliphatic heterocycles. The summed E-state index contributed by atoms with van der Waals surface area (Å²) in [6.45, 7) is 4.31. The molecule has 0 fully saturated rings. The summed E-state index contributed by atoms with van der Waals surface area (Å²) in [5.74, 6) is 0.468. The van der Waals surface area contributed by atoms with Crippen molar-refractivity contribution in [2.45, 2.75) is 26.7 Å². The van der Waals surface area contributed by atoms with Crippen molar-refractivity contribution in [3.05, 3.63) is 42.0 Å². The van der Waals surface area contributed by atoms with Crippen molar-refractivity contribution in [3.63, 3.8) is 0 Å². The Morgan fingerprint density at radius 3 is 2.53 bits per heavy atom.